The highest BCUT2D eigenvalue weighted by atomic mass is 19.4. The topological polar surface area (TPSA) is 80.7 Å². The number of halogens is 3. The Bertz CT molecular complexity index is 910. The molecule has 9 heteroatoms. The van der Waals surface area contributed by atoms with Crippen LogP contribution in [0.3, 0.4) is 0 Å². The lowest BCUT2D eigenvalue weighted by Gasteiger charge is -2.23. The molecule has 3 rings (SSSR count). The van der Waals surface area contributed by atoms with E-state index in [0.717, 1.165) is 25.0 Å². The standard InChI is InChI=1S/C22H25F3N2O4/c1-21(29,16-7-8-16)13-27-19(28)15-11-18(20(26-12-15)31-10-9-30-2)14-3-5-17(6-4-14)22(23,24)25/h3-6,11-12,16,29H,7-10,13H2,1-2H3,(H,27,28)/t21-/m0/s1. The number of hydrogen-bond donors (Lipinski definition) is 2. The summed E-state index contributed by atoms with van der Waals surface area (Å²) in [5.74, 6) is -0.0893. The minimum Gasteiger partial charge on any atom is -0.475 e. The highest BCUT2D eigenvalue weighted by molar-refractivity contribution is 5.95. The number of methoxy groups -OCH3 is 1. The van der Waals surface area contributed by atoms with E-state index in [0.29, 0.717) is 17.7 Å². The molecular formula is C22H25F3N2O4. The van der Waals surface area contributed by atoms with Gasteiger partial charge in [-0.25, -0.2) is 4.98 Å². The van der Waals surface area contributed by atoms with Crippen LogP contribution in [0.2, 0.25) is 0 Å². The Kier molecular flexibility index (Phi) is 6.86. The summed E-state index contributed by atoms with van der Waals surface area (Å²) >= 11 is 0. The van der Waals surface area contributed by atoms with Gasteiger partial charge in [-0.05, 0) is 49.4 Å². The first kappa shape index (κ1) is 23.0. The molecule has 6 nitrogen and oxygen atoms in total. The van der Waals surface area contributed by atoms with Crippen LogP contribution in [0.15, 0.2) is 36.5 Å². The van der Waals surface area contributed by atoms with Gasteiger partial charge >= 0.3 is 6.18 Å². The second-order valence-corrected chi connectivity index (χ2v) is 7.81. The molecule has 0 spiro atoms. The van der Waals surface area contributed by atoms with Crippen LogP contribution in [0, 0.1) is 5.92 Å². The number of carbonyl (C=O) groups excluding carboxylic acids is 1. The molecule has 1 saturated carbocycles. The number of hydrogen-bond acceptors (Lipinski definition) is 5. The minimum absolute atomic E-state index is 0.0954. The van der Waals surface area contributed by atoms with Crippen molar-refractivity contribution in [1.82, 2.24) is 10.3 Å². The molecule has 1 heterocycles. The lowest BCUT2D eigenvalue weighted by atomic mass is 10.0. The molecule has 0 aliphatic heterocycles. The summed E-state index contributed by atoms with van der Waals surface area (Å²) in [7, 11) is 1.51. The quantitative estimate of drug-likeness (QED) is 0.584. The molecule has 168 valence electrons. The fourth-order valence-corrected chi connectivity index (χ4v) is 3.17. The average molecular weight is 438 g/mol. The van der Waals surface area contributed by atoms with Crippen LogP contribution in [0.5, 0.6) is 5.88 Å². The number of benzene rings is 1. The van der Waals surface area contributed by atoms with Crippen molar-refractivity contribution in [2.75, 3.05) is 26.9 Å². The van der Waals surface area contributed by atoms with Crippen molar-refractivity contribution >= 4 is 5.91 Å². The maximum absolute atomic E-state index is 12.9. The van der Waals surface area contributed by atoms with Gasteiger partial charge in [-0.2, -0.15) is 13.2 Å². The van der Waals surface area contributed by atoms with Gasteiger partial charge in [-0.15, -0.1) is 0 Å². The Morgan fingerprint density at radius 1 is 1.23 bits per heavy atom. The zero-order valence-corrected chi connectivity index (χ0v) is 17.3. The number of carbonyl (C=O) groups is 1. The summed E-state index contributed by atoms with van der Waals surface area (Å²) in [5.41, 5.74) is -0.746. The van der Waals surface area contributed by atoms with Crippen LogP contribution in [0.4, 0.5) is 13.2 Å². The van der Waals surface area contributed by atoms with E-state index in [9.17, 15) is 23.1 Å². The van der Waals surface area contributed by atoms with E-state index >= 15 is 0 Å². The summed E-state index contributed by atoms with van der Waals surface area (Å²) in [4.78, 5) is 16.8. The minimum atomic E-state index is -4.45. The largest absolute Gasteiger partial charge is 0.475 e. The van der Waals surface area contributed by atoms with Gasteiger partial charge in [0.15, 0.2) is 0 Å². The molecule has 1 aliphatic rings. The normalized spacial score (nSPS) is 15.9. The lowest BCUT2D eigenvalue weighted by Crippen LogP contribution is -2.42. The Balaban J connectivity index is 1.84. The van der Waals surface area contributed by atoms with Gasteiger partial charge in [0.05, 0.1) is 23.3 Å². The lowest BCUT2D eigenvalue weighted by molar-refractivity contribution is -0.137. The van der Waals surface area contributed by atoms with Crippen molar-refractivity contribution in [3.05, 3.63) is 47.7 Å². The fourth-order valence-electron chi connectivity index (χ4n) is 3.17. The molecule has 1 aromatic carbocycles. The molecule has 0 saturated heterocycles. The molecule has 0 radical (unpaired) electrons. The summed E-state index contributed by atoms with van der Waals surface area (Å²) < 4.78 is 49.2. The Morgan fingerprint density at radius 3 is 2.48 bits per heavy atom. The van der Waals surface area contributed by atoms with Crippen molar-refractivity contribution in [2.24, 2.45) is 5.92 Å². The molecular weight excluding hydrogens is 413 g/mol. The molecule has 0 bridgehead atoms. The number of amides is 1. The zero-order valence-electron chi connectivity index (χ0n) is 17.3. The molecule has 2 N–H and O–H groups in total. The number of alkyl halides is 3. The highest BCUT2D eigenvalue weighted by Crippen LogP contribution is 2.39. The number of nitrogens with zero attached hydrogens (tertiary/aromatic N) is 1. The summed E-state index contributed by atoms with van der Waals surface area (Å²) in [6.07, 6.45) is -1.27. The zero-order chi connectivity index (χ0) is 22.6. The van der Waals surface area contributed by atoms with E-state index < -0.39 is 23.2 Å². The predicted octanol–water partition coefficient (Wildman–Crippen LogP) is 3.68. The number of pyridine rings is 1. The summed E-state index contributed by atoms with van der Waals surface area (Å²) in [6, 6.07) is 6.06. The molecule has 1 aromatic heterocycles. The highest BCUT2D eigenvalue weighted by Gasteiger charge is 2.40. The van der Waals surface area contributed by atoms with Gasteiger partial charge in [0, 0.05) is 25.4 Å². The first-order valence-corrected chi connectivity index (χ1v) is 9.92. The van der Waals surface area contributed by atoms with Crippen molar-refractivity contribution in [3.8, 4) is 17.0 Å². The van der Waals surface area contributed by atoms with Crippen LogP contribution in [0.1, 0.15) is 35.7 Å². The second-order valence-electron chi connectivity index (χ2n) is 7.81. The number of rotatable bonds is 9. The molecule has 0 unspecified atom stereocenters. The first-order chi connectivity index (χ1) is 14.6. The number of aliphatic hydroxyl groups is 1. The van der Waals surface area contributed by atoms with Crippen molar-refractivity contribution in [3.63, 3.8) is 0 Å². The van der Waals surface area contributed by atoms with Gasteiger partial charge in [0.25, 0.3) is 5.91 Å². The van der Waals surface area contributed by atoms with Crippen molar-refractivity contribution in [1.29, 1.82) is 0 Å². The third-order valence-corrected chi connectivity index (χ3v) is 5.23. The molecule has 1 aliphatic carbocycles. The number of nitrogens with one attached hydrogen (secondary N) is 1. The van der Waals surface area contributed by atoms with E-state index in [2.05, 4.69) is 10.3 Å². The molecule has 31 heavy (non-hydrogen) atoms. The summed E-state index contributed by atoms with van der Waals surface area (Å²) in [6.45, 7) is 2.27. The van der Waals surface area contributed by atoms with Crippen LogP contribution in [-0.2, 0) is 10.9 Å². The van der Waals surface area contributed by atoms with Crippen molar-refractivity contribution in [2.45, 2.75) is 31.5 Å². The predicted molar refractivity (Wildman–Crippen MR) is 108 cm³/mol. The monoisotopic (exact) mass is 438 g/mol. The van der Waals surface area contributed by atoms with Gasteiger partial charge in [-0.3, -0.25) is 4.79 Å². The molecule has 1 fully saturated rings. The Morgan fingerprint density at radius 2 is 1.90 bits per heavy atom. The number of aromatic nitrogens is 1. The molecule has 1 atom stereocenters. The van der Waals surface area contributed by atoms with E-state index in [1.807, 2.05) is 0 Å². The Labute approximate surface area is 178 Å². The average Bonchev–Trinajstić information content (AvgIpc) is 3.58. The van der Waals surface area contributed by atoms with Crippen molar-refractivity contribution < 1.29 is 32.5 Å². The van der Waals surface area contributed by atoms with Gasteiger partial charge < -0.3 is 19.9 Å². The maximum atomic E-state index is 12.9. The van der Waals surface area contributed by atoms with Crippen LogP contribution >= 0.6 is 0 Å². The van der Waals surface area contributed by atoms with Crippen LogP contribution < -0.4 is 10.1 Å². The third kappa shape index (κ3) is 5.95. The number of ether oxygens (including phenoxy) is 2. The molecule has 1 amide bonds. The second kappa shape index (κ2) is 9.23. The van der Waals surface area contributed by atoms with Crippen LogP contribution in [-0.4, -0.2) is 48.5 Å². The van der Waals surface area contributed by atoms with Gasteiger partial charge in [0.2, 0.25) is 5.88 Å². The van der Waals surface area contributed by atoms with E-state index in [1.54, 1.807) is 6.92 Å². The van der Waals surface area contributed by atoms with Gasteiger partial charge in [-0.1, -0.05) is 12.1 Å². The summed E-state index contributed by atoms with van der Waals surface area (Å²) in [5, 5.41) is 13.1. The van der Waals surface area contributed by atoms with Gasteiger partial charge in [0.1, 0.15) is 6.61 Å². The van der Waals surface area contributed by atoms with E-state index in [-0.39, 0.29) is 30.5 Å². The van der Waals surface area contributed by atoms with Crippen LogP contribution in [0.25, 0.3) is 11.1 Å². The maximum Gasteiger partial charge on any atom is 0.416 e. The fraction of sp³-hybridized carbons (Fsp3) is 0.455. The SMILES string of the molecule is COCCOc1ncc(C(=O)NC[C@](C)(O)C2CC2)cc1-c1ccc(C(F)(F)F)cc1. The molecule has 2 aromatic rings. The van der Waals surface area contributed by atoms with E-state index in [4.69, 9.17) is 9.47 Å². The third-order valence-electron chi connectivity index (χ3n) is 5.23. The Hall–Kier alpha value is -2.65. The first-order valence-electron chi connectivity index (χ1n) is 9.92. The smallest absolute Gasteiger partial charge is 0.416 e. The van der Waals surface area contributed by atoms with E-state index in [1.165, 1.54) is 31.5 Å².